The molecule has 1 amide bonds. The van der Waals surface area contributed by atoms with Crippen molar-refractivity contribution in [1.82, 2.24) is 20.0 Å². The van der Waals surface area contributed by atoms with Crippen molar-refractivity contribution in [2.75, 3.05) is 13.1 Å². The van der Waals surface area contributed by atoms with Crippen molar-refractivity contribution in [3.05, 3.63) is 47.8 Å². The molecule has 4 N–H and O–H groups in total. The van der Waals surface area contributed by atoms with Gasteiger partial charge in [-0.05, 0) is 30.7 Å². The number of benzene rings is 1. The van der Waals surface area contributed by atoms with Crippen LogP contribution in [0, 0.1) is 12.7 Å². The molecule has 2 aromatic rings. The highest BCUT2D eigenvalue weighted by Gasteiger charge is 2.18. The molecule has 0 saturated carbocycles. The molecule has 0 spiro atoms. The molecular formula is C15H19FN4O5S. The number of H-pyrrole nitrogens is 1. The van der Waals surface area contributed by atoms with Crippen molar-refractivity contribution >= 4 is 22.4 Å². The maximum absolute atomic E-state index is 13.0. The van der Waals surface area contributed by atoms with E-state index in [0.717, 1.165) is 18.0 Å². The van der Waals surface area contributed by atoms with Gasteiger partial charge in [0, 0.05) is 25.4 Å². The van der Waals surface area contributed by atoms with Gasteiger partial charge in [0.15, 0.2) is 0 Å². The Morgan fingerprint density at radius 1 is 1.42 bits per heavy atom. The molecule has 0 unspecified atom stereocenters. The number of aryl methyl sites for hydroxylation is 1. The van der Waals surface area contributed by atoms with E-state index in [-0.39, 0.29) is 16.9 Å². The van der Waals surface area contributed by atoms with E-state index in [4.69, 9.17) is 9.90 Å². The number of carbonyl (C=O) groups is 2. The first kappa shape index (κ1) is 21.3. The largest absolute Gasteiger partial charge is 0.483 e. The highest BCUT2D eigenvalue weighted by molar-refractivity contribution is 7.89. The fourth-order valence-corrected chi connectivity index (χ4v) is 3.18. The van der Waals surface area contributed by atoms with Crippen LogP contribution >= 0.6 is 0 Å². The second-order valence-electron chi connectivity index (χ2n) is 4.98. The predicted octanol–water partition coefficient (Wildman–Crippen LogP) is 0.195. The maximum atomic E-state index is 13.0. The van der Waals surface area contributed by atoms with Crippen LogP contribution in [0.4, 0.5) is 4.39 Å². The van der Waals surface area contributed by atoms with Gasteiger partial charge in [0.25, 0.3) is 6.47 Å². The zero-order valence-corrected chi connectivity index (χ0v) is 14.7. The molecule has 2 rings (SSSR count). The van der Waals surface area contributed by atoms with Gasteiger partial charge in [-0.25, -0.2) is 22.5 Å². The van der Waals surface area contributed by atoms with Crippen LogP contribution in [0.1, 0.15) is 11.4 Å². The van der Waals surface area contributed by atoms with Gasteiger partial charge in [0.2, 0.25) is 15.9 Å². The summed E-state index contributed by atoms with van der Waals surface area (Å²) in [7, 11) is -3.87. The zero-order chi connectivity index (χ0) is 19.6. The summed E-state index contributed by atoms with van der Waals surface area (Å²) in [5, 5.41) is 9.47. The summed E-state index contributed by atoms with van der Waals surface area (Å²) in [5.41, 5.74) is 0.274. The molecule has 0 fully saturated rings. The van der Waals surface area contributed by atoms with Crippen LogP contribution in [-0.4, -0.2) is 49.0 Å². The molecule has 9 nitrogen and oxygen atoms in total. The van der Waals surface area contributed by atoms with Gasteiger partial charge in [0.1, 0.15) is 11.6 Å². The van der Waals surface area contributed by atoms with Gasteiger partial charge in [0.05, 0.1) is 11.4 Å². The first-order valence-corrected chi connectivity index (χ1v) is 8.87. The molecular weight excluding hydrogens is 367 g/mol. The highest BCUT2D eigenvalue weighted by atomic mass is 32.2. The quantitative estimate of drug-likeness (QED) is 0.501. The monoisotopic (exact) mass is 386 g/mol. The number of imidazole rings is 1. The molecule has 142 valence electrons. The second kappa shape index (κ2) is 10.3. The minimum atomic E-state index is -3.87. The summed E-state index contributed by atoms with van der Waals surface area (Å²) in [5.74, 6) is -0.246. The molecule has 0 bridgehead atoms. The maximum Gasteiger partial charge on any atom is 0.290 e. The Kier molecular flexibility index (Phi) is 8.38. The lowest BCUT2D eigenvalue weighted by Gasteiger charge is -2.09. The van der Waals surface area contributed by atoms with Crippen molar-refractivity contribution in [2.45, 2.75) is 18.2 Å². The summed E-state index contributed by atoms with van der Waals surface area (Å²) in [6.45, 7) is 1.18. The molecule has 26 heavy (non-hydrogen) atoms. The summed E-state index contributed by atoms with van der Waals surface area (Å²) in [6.07, 6.45) is 3.80. The second-order valence-corrected chi connectivity index (χ2v) is 6.71. The van der Waals surface area contributed by atoms with E-state index in [0.29, 0.717) is 13.0 Å². The van der Waals surface area contributed by atoms with Crippen LogP contribution in [0.25, 0.3) is 0 Å². The molecule has 0 atom stereocenters. The summed E-state index contributed by atoms with van der Waals surface area (Å²) < 4.78 is 39.4. The predicted molar refractivity (Wildman–Crippen MR) is 90.3 cm³/mol. The topological polar surface area (TPSA) is 141 Å². The Hall–Kier alpha value is -2.79. The lowest BCUT2D eigenvalue weighted by molar-refractivity contribution is -0.123. The molecule has 0 radical (unpaired) electrons. The van der Waals surface area contributed by atoms with Gasteiger partial charge in [-0.15, -0.1) is 0 Å². The van der Waals surface area contributed by atoms with Crippen LogP contribution in [0.3, 0.4) is 0 Å². The van der Waals surface area contributed by atoms with Crippen LogP contribution in [-0.2, 0) is 26.0 Å². The number of sulfonamides is 1. The number of aromatic amines is 1. The normalized spacial score (nSPS) is 10.5. The number of hydrogen-bond acceptors (Lipinski definition) is 5. The smallest absolute Gasteiger partial charge is 0.290 e. The first-order chi connectivity index (χ1) is 12.3. The SMILES string of the molecule is Cc1cc(F)ccc1S(=O)(=O)NCC(=O)NCCc1ncc[nH]1.O=CO. The first-order valence-electron chi connectivity index (χ1n) is 7.38. The Bertz CT molecular complexity index is 825. The third-order valence-electron chi connectivity index (χ3n) is 3.09. The Balaban J connectivity index is 0.00000105. The van der Waals surface area contributed by atoms with Crippen molar-refractivity contribution in [2.24, 2.45) is 0 Å². The third-order valence-corrected chi connectivity index (χ3v) is 4.65. The van der Waals surface area contributed by atoms with Gasteiger partial charge >= 0.3 is 0 Å². The Labute approximate surface area is 149 Å². The van der Waals surface area contributed by atoms with E-state index >= 15 is 0 Å². The fourth-order valence-electron chi connectivity index (χ4n) is 1.97. The number of hydrogen-bond donors (Lipinski definition) is 4. The zero-order valence-electron chi connectivity index (χ0n) is 13.9. The fraction of sp³-hybridized carbons (Fsp3) is 0.267. The van der Waals surface area contributed by atoms with E-state index in [1.807, 2.05) is 0 Å². The van der Waals surface area contributed by atoms with Crippen molar-refractivity contribution in [1.29, 1.82) is 0 Å². The number of aromatic nitrogens is 2. The van der Waals surface area contributed by atoms with Crippen LogP contribution in [0.15, 0.2) is 35.5 Å². The number of nitrogens with zero attached hydrogens (tertiary/aromatic N) is 1. The summed E-state index contributed by atoms with van der Waals surface area (Å²) in [6, 6.07) is 3.35. The molecule has 1 heterocycles. The standard InChI is InChI=1S/C14H17FN4O3S.CH2O2/c1-10-8-11(15)2-3-12(10)23(21,22)19-9-14(20)18-5-4-13-16-6-7-17-13;2-1-3/h2-3,6-8,19H,4-5,9H2,1H3,(H,16,17)(H,18,20);1H,(H,2,3). The molecule has 0 aliphatic rings. The summed E-state index contributed by atoms with van der Waals surface area (Å²) >= 11 is 0. The number of amides is 1. The minimum Gasteiger partial charge on any atom is -0.483 e. The van der Waals surface area contributed by atoms with E-state index < -0.39 is 28.3 Å². The minimum absolute atomic E-state index is 0.0534. The van der Waals surface area contributed by atoms with Crippen LogP contribution < -0.4 is 10.0 Å². The van der Waals surface area contributed by atoms with Crippen molar-refractivity contribution in [3.63, 3.8) is 0 Å². The molecule has 0 saturated heterocycles. The average Bonchev–Trinajstić information content (AvgIpc) is 3.07. The van der Waals surface area contributed by atoms with Crippen LogP contribution in [0.2, 0.25) is 0 Å². The lowest BCUT2D eigenvalue weighted by atomic mass is 10.2. The van der Waals surface area contributed by atoms with Gasteiger partial charge in [-0.1, -0.05) is 0 Å². The number of carbonyl (C=O) groups excluding carboxylic acids is 1. The van der Waals surface area contributed by atoms with Gasteiger partial charge in [-0.2, -0.15) is 0 Å². The number of rotatable bonds is 7. The van der Waals surface area contributed by atoms with Crippen molar-refractivity contribution < 1.29 is 27.5 Å². The molecule has 11 heteroatoms. The molecule has 1 aromatic carbocycles. The molecule has 0 aliphatic carbocycles. The van der Waals surface area contributed by atoms with E-state index in [1.54, 1.807) is 12.4 Å². The third kappa shape index (κ3) is 6.99. The number of carboxylic acid groups (broad SMARTS) is 1. The average molecular weight is 386 g/mol. The van der Waals surface area contributed by atoms with E-state index in [9.17, 15) is 17.6 Å². The lowest BCUT2D eigenvalue weighted by Crippen LogP contribution is -2.37. The highest BCUT2D eigenvalue weighted by Crippen LogP contribution is 2.15. The van der Waals surface area contributed by atoms with Gasteiger partial charge in [-0.3, -0.25) is 9.59 Å². The van der Waals surface area contributed by atoms with Crippen molar-refractivity contribution in [3.8, 4) is 0 Å². The van der Waals surface area contributed by atoms with E-state index in [2.05, 4.69) is 20.0 Å². The molecule has 1 aromatic heterocycles. The Morgan fingerprint density at radius 3 is 2.69 bits per heavy atom. The Morgan fingerprint density at radius 2 is 2.12 bits per heavy atom. The van der Waals surface area contributed by atoms with Gasteiger partial charge < -0.3 is 15.4 Å². The van der Waals surface area contributed by atoms with Crippen LogP contribution in [0.5, 0.6) is 0 Å². The molecule has 0 aliphatic heterocycles. The number of halogens is 1. The number of nitrogens with one attached hydrogen (secondary N) is 3. The van der Waals surface area contributed by atoms with E-state index in [1.165, 1.54) is 13.0 Å². The summed E-state index contributed by atoms with van der Waals surface area (Å²) in [4.78, 5) is 26.9.